The first-order valence-corrected chi connectivity index (χ1v) is 4.86. The van der Waals surface area contributed by atoms with Crippen molar-refractivity contribution < 1.29 is 20.1 Å². The van der Waals surface area contributed by atoms with Crippen LogP contribution in [0.25, 0.3) is 0 Å². The summed E-state index contributed by atoms with van der Waals surface area (Å²) in [6, 6.07) is 4.82. The lowest BCUT2D eigenvalue weighted by Crippen LogP contribution is -2.21. The lowest BCUT2D eigenvalue weighted by Gasteiger charge is -2.12. The molecule has 1 atom stereocenters. The van der Waals surface area contributed by atoms with Crippen LogP contribution in [0.4, 0.5) is 0 Å². The number of benzene rings is 1. The molecule has 84 valence electrons. The van der Waals surface area contributed by atoms with Gasteiger partial charge in [0, 0.05) is 10.6 Å². The fourth-order valence-corrected chi connectivity index (χ4v) is 1.25. The second-order valence-corrected chi connectivity index (χ2v) is 3.49. The van der Waals surface area contributed by atoms with Crippen molar-refractivity contribution in [3.63, 3.8) is 0 Å². The molecule has 0 fully saturated rings. The van der Waals surface area contributed by atoms with E-state index in [1.165, 1.54) is 0 Å². The molecule has 0 aliphatic heterocycles. The fourth-order valence-electron chi connectivity index (χ4n) is 1.05. The Morgan fingerprint density at radius 2 is 2.07 bits per heavy atom. The third-order valence-electron chi connectivity index (χ3n) is 1.83. The molecule has 0 aliphatic rings. The first-order valence-electron chi connectivity index (χ1n) is 4.48. The standard InChI is InChI=1S/C10H13ClO4/c11-8-1-2-10(7(3-8)4-12)15-6-9(14)5-13/h1-3,9,12-14H,4-6H2. The second-order valence-electron chi connectivity index (χ2n) is 3.06. The number of aliphatic hydroxyl groups excluding tert-OH is 3. The lowest BCUT2D eigenvalue weighted by molar-refractivity contribution is 0.0528. The summed E-state index contributed by atoms with van der Waals surface area (Å²) < 4.78 is 5.21. The monoisotopic (exact) mass is 232 g/mol. The van der Waals surface area contributed by atoms with Crippen LogP contribution in [0.15, 0.2) is 18.2 Å². The largest absolute Gasteiger partial charge is 0.490 e. The highest BCUT2D eigenvalue weighted by Crippen LogP contribution is 2.22. The summed E-state index contributed by atoms with van der Waals surface area (Å²) in [5.41, 5.74) is 0.549. The number of hydrogen-bond acceptors (Lipinski definition) is 4. The predicted molar refractivity (Wildman–Crippen MR) is 56.0 cm³/mol. The van der Waals surface area contributed by atoms with Gasteiger partial charge in [0.25, 0.3) is 0 Å². The van der Waals surface area contributed by atoms with Gasteiger partial charge in [-0.3, -0.25) is 0 Å². The Morgan fingerprint density at radius 3 is 2.67 bits per heavy atom. The molecule has 4 nitrogen and oxygen atoms in total. The lowest BCUT2D eigenvalue weighted by atomic mass is 10.2. The summed E-state index contributed by atoms with van der Waals surface area (Å²) in [4.78, 5) is 0. The minimum absolute atomic E-state index is 0.0227. The molecule has 0 bridgehead atoms. The Bertz CT molecular complexity index is 316. The average Bonchev–Trinajstić information content (AvgIpc) is 2.26. The van der Waals surface area contributed by atoms with Gasteiger partial charge >= 0.3 is 0 Å². The van der Waals surface area contributed by atoms with Crippen LogP contribution >= 0.6 is 11.6 Å². The van der Waals surface area contributed by atoms with Crippen molar-refractivity contribution in [3.8, 4) is 5.75 Å². The van der Waals surface area contributed by atoms with Gasteiger partial charge in [0.15, 0.2) is 0 Å². The van der Waals surface area contributed by atoms with Gasteiger partial charge in [0.1, 0.15) is 18.5 Å². The minimum atomic E-state index is -0.924. The molecule has 1 aromatic carbocycles. The molecule has 0 saturated carbocycles. The molecule has 0 radical (unpaired) electrons. The summed E-state index contributed by atoms with van der Waals surface area (Å²) in [7, 11) is 0. The van der Waals surface area contributed by atoms with Gasteiger partial charge in [-0.25, -0.2) is 0 Å². The average molecular weight is 233 g/mol. The Balaban J connectivity index is 2.67. The maximum Gasteiger partial charge on any atom is 0.125 e. The molecule has 5 heteroatoms. The van der Waals surface area contributed by atoms with Crippen LogP contribution in [0.2, 0.25) is 5.02 Å². The van der Waals surface area contributed by atoms with E-state index in [0.717, 1.165) is 0 Å². The van der Waals surface area contributed by atoms with Crippen molar-refractivity contribution in [2.45, 2.75) is 12.7 Å². The van der Waals surface area contributed by atoms with Gasteiger partial charge in [-0.2, -0.15) is 0 Å². The number of halogens is 1. The van der Waals surface area contributed by atoms with E-state index in [1.54, 1.807) is 18.2 Å². The summed E-state index contributed by atoms with van der Waals surface area (Å²) in [5.74, 6) is 0.453. The zero-order valence-electron chi connectivity index (χ0n) is 8.06. The van der Waals surface area contributed by atoms with Gasteiger partial charge < -0.3 is 20.1 Å². The number of ether oxygens (including phenoxy) is 1. The molecule has 3 N–H and O–H groups in total. The van der Waals surface area contributed by atoms with Crippen molar-refractivity contribution >= 4 is 11.6 Å². The third kappa shape index (κ3) is 3.68. The van der Waals surface area contributed by atoms with Gasteiger partial charge in [-0.05, 0) is 18.2 Å². The molecular weight excluding hydrogens is 220 g/mol. The fraction of sp³-hybridized carbons (Fsp3) is 0.400. The molecule has 1 rings (SSSR count). The van der Waals surface area contributed by atoms with E-state index in [2.05, 4.69) is 0 Å². The van der Waals surface area contributed by atoms with Crippen LogP contribution < -0.4 is 4.74 Å². The molecule has 1 aromatic rings. The van der Waals surface area contributed by atoms with Crippen LogP contribution in [0, 0.1) is 0 Å². The predicted octanol–water partition coefficient (Wildman–Crippen LogP) is 0.564. The number of rotatable bonds is 5. The van der Waals surface area contributed by atoms with Gasteiger partial charge in [0.05, 0.1) is 13.2 Å². The number of aliphatic hydroxyl groups is 3. The zero-order valence-corrected chi connectivity index (χ0v) is 8.81. The van der Waals surface area contributed by atoms with Gasteiger partial charge in [-0.1, -0.05) is 11.6 Å². The highest BCUT2D eigenvalue weighted by atomic mass is 35.5. The molecule has 0 aliphatic carbocycles. The van der Waals surface area contributed by atoms with Crippen molar-refractivity contribution in [2.75, 3.05) is 13.2 Å². The van der Waals surface area contributed by atoms with E-state index in [-0.39, 0.29) is 19.8 Å². The molecule has 1 unspecified atom stereocenters. The topological polar surface area (TPSA) is 69.9 Å². The quantitative estimate of drug-likeness (QED) is 0.694. The van der Waals surface area contributed by atoms with E-state index in [1.807, 2.05) is 0 Å². The molecule has 0 saturated heterocycles. The van der Waals surface area contributed by atoms with Gasteiger partial charge in [-0.15, -0.1) is 0 Å². The van der Waals surface area contributed by atoms with E-state index in [9.17, 15) is 0 Å². The summed E-state index contributed by atoms with van der Waals surface area (Å²) in [5, 5.41) is 27.2. The highest BCUT2D eigenvalue weighted by Gasteiger charge is 2.07. The summed E-state index contributed by atoms with van der Waals surface area (Å²) >= 11 is 5.73. The van der Waals surface area contributed by atoms with E-state index < -0.39 is 6.10 Å². The van der Waals surface area contributed by atoms with Crippen LogP contribution in [-0.4, -0.2) is 34.6 Å². The smallest absolute Gasteiger partial charge is 0.125 e. The van der Waals surface area contributed by atoms with Crippen LogP contribution in [0.3, 0.4) is 0 Å². The summed E-state index contributed by atoms with van der Waals surface area (Å²) in [6.45, 7) is -0.571. The molecular formula is C10H13ClO4. The molecule has 0 heterocycles. The Morgan fingerprint density at radius 1 is 1.33 bits per heavy atom. The first-order chi connectivity index (χ1) is 7.17. The maximum absolute atomic E-state index is 9.07. The number of hydrogen-bond donors (Lipinski definition) is 3. The van der Waals surface area contributed by atoms with E-state index in [0.29, 0.717) is 16.3 Å². The van der Waals surface area contributed by atoms with Crippen molar-refractivity contribution in [1.29, 1.82) is 0 Å². The SMILES string of the molecule is OCc1cc(Cl)ccc1OCC(O)CO. The molecule has 15 heavy (non-hydrogen) atoms. The Labute approximate surface area is 92.7 Å². The maximum atomic E-state index is 9.07. The zero-order chi connectivity index (χ0) is 11.3. The van der Waals surface area contributed by atoms with E-state index >= 15 is 0 Å². The van der Waals surface area contributed by atoms with Gasteiger partial charge in [0.2, 0.25) is 0 Å². The Kier molecular flexibility index (Phi) is 4.84. The van der Waals surface area contributed by atoms with Crippen molar-refractivity contribution in [3.05, 3.63) is 28.8 Å². The van der Waals surface area contributed by atoms with Crippen LogP contribution in [-0.2, 0) is 6.61 Å². The molecule has 0 spiro atoms. The molecule has 0 aromatic heterocycles. The van der Waals surface area contributed by atoms with Crippen LogP contribution in [0.5, 0.6) is 5.75 Å². The van der Waals surface area contributed by atoms with E-state index in [4.69, 9.17) is 31.7 Å². The van der Waals surface area contributed by atoms with Crippen molar-refractivity contribution in [2.24, 2.45) is 0 Å². The molecule has 0 amide bonds. The second kappa shape index (κ2) is 5.92. The van der Waals surface area contributed by atoms with Crippen molar-refractivity contribution in [1.82, 2.24) is 0 Å². The minimum Gasteiger partial charge on any atom is -0.490 e. The summed E-state index contributed by atoms with van der Waals surface area (Å²) in [6.07, 6.45) is -0.924. The first kappa shape index (κ1) is 12.3. The highest BCUT2D eigenvalue weighted by molar-refractivity contribution is 6.30. The Hall–Kier alpha value is -0.810. The third-order valence-corrected chi connectivity index (χ3v) is 2.07. The van der Waals surface area contributed by atoms with Crippen LogP contribution in [0.1, 0.15) is 5.56 Å². The normalized spacial score (nSPS) is 12.5.